The maximum atomic E-state index is 12.6. The van der Waals surface area contributed by atoms with E-state index in [0.717, 1.165) is 5.56 Å². The standard InChI is InChI=1S/C21H19ClF2N2O4/c1-14-11-16(5-8-18(14)22)26(10-2-9-25)19(27)13-29-20(28)12-15-3-6-17(7-4-15)30-21(23)24/h3-8,11,21H,2,10,12-13H2,1H3. The number of aryl methyl sites for hydroxylation is 1. The van der Waals surface area contributed by atoms with Gasteiger partial charge in [-0.15, -0.1) is 0 Å². The number of esters is 1. The maximum Gasteiger partial charge on any atom is 0.387 e. The van der Waals surface area contributed by atoms with Crippen LogP contribution in [0.2, 0.25) is 5.02 Å². The van der Waals surface area contributed by atoms with Gasteiger partial charge in [-0.2, -0.15) is 14.0 Å². The van der Waals surface area contributed by atoms with E-state index in [1.54, 1.807) is 25.1 Å². The zero-order valence-electron chi connectivity index (χ0n) is 16.1. The third kappa shape index (κ3) is 7.01. The number of hydrogen-bond acceptors (Lipinski definition) is 5. The molecule has 1 amide bonds. The molecule has 0 saturated heterocycles. The molecule has 2 aromatic carbocycles. The number of ether oxygens (including phenoxy) is 2. The van der Waals surface area contributed by atoms with E-state index in [1.165, 1.54) is 29.2 Å². The second-order valence-corrected chi connectivity index (χ2v) is 6.65. The maximum absolute atomic E-state index is 12.6. The minimum atomic E-state index is -2.93. The van der Waals surface area contributed by atoms with Crippen LogP contribution in [0.15, 0.2) is 42.5 Å². The first-order valence-corrected chi connectivity index (χ1v) is 9.30. The molecule has 0 aromatic heterocycles. The molecule has 0 aliphatic heterocycles. The summed E-state index contributed by atoms with van der Waals surface area (Å²) in [6.45, 7) is -1.51. The van der Waals surface area contributed by atoms with Crippen LogP contribution in [0.4, 0.5) is 14.5 Å². The topological polar surface area (TPSA) is 79.6 Å². The van der Waals surface area contributed by atoms with Gasteiger partial charge in [0.15, 0.2) is 6.61 Å². The fourth-order valence-electron chi connectivity index (χ4n) is 2.58. The highest BCUT2D eigenvalue weighted by Gasteiger charge is 2.18. The Bertz CT molecular complexity index is 930. The monoisotopic (exact) mass is 436 g/mol. The van der Waals surface area contributed by atoms with Gasteiger partial charge in [-0.25, -0.2) is 0 Å². The number of carbonyl (C=O) groups is 2. The van der Waals surface area contributed by atoms with Gasteiger partial charge in [-0.3, -0.25) is 9.59 Å². The number of nitriles is 1. The minimum absolute atomic E-state index is 0.0244. The third-order valence-electron chi connectivity index (χ3n) is 4.06. The van der Waals surface area contributed by atoms with Crippen molar-refractivity contribution in [1.82, 2.24) is 0 Å². The molecule has 0 aliphatic carbocycles. The van der Waals surface area contributed by atoms with Gasteiger partial charge in [-0.05, 0) is 48.4 Å². The fraction of sp³-hybridized carbons (Fsp3) is 0.286. The summed E-state index contributed by atoms with van der Waals surface area (Å²) in [4.78, 5) is 26.0. The zero-order valence-corrected chi connectivity index (χ0v) is 16.9. The van der Waals surface area contributed by atoms with Crippen LogP contribution in [-0.2, 0) is 20.7 Å². The highest BCUT2D eigenvalue weighted by atomic mass is 35.5. The van der Waals surface area contributed by atoms with Crippen LogP contribution in [0.1, 0.15) is 17.5 Å². The van der Waals surface area contributed by atoms with E-state index in [1.807, 2.05) is 6.07 Å². The fourth-order valence-corrected chi connectivity index (χ4v) is 2.70. The average molecular weight is 437 g/mol. The number of benzene rings is 2. The molecule has 0 N–H and O–H groups in total. The molecule has 6 nitrogen and oxygen atoms in total. The van der Waals surface area contributed by atoms with Crippen molar-refractivity contribution in [2.24, 2.45) is 0 Å². The Morgan fingerprint density at radius 2 is 1.90 bits per heavy atom. The van der Waals surface area contributed by atoms with E-state index in [9.17, 15) is 18.4 Å². The first kappa shape index (κ1) is 23.1. The molecule has 9 heteroatoms. The largest absolute Gasteiger partial charge is 0.455 e. The predicted molar refractivity (Wildman–Crippen MR) is 107 cm³/mol. The van der Waals surface area contributed by atoms with Crippen LogP contribution in [0.3, 0.4) is 0 Å². The summed E-state index contributed by atoms with van der Waals surface area (Å²) in [7, 11) is 0. The lowest BCUT2D eigenvalue weighted by molar-refractivity contribution is -0.147. The molecule has 2 aromatic rings. The molecule has 0 radical (unpaired) electrons. The van der Waals surface area contributed by atoms with Gasteiger partial charge in [-0.1, -0.05) is 23.7 Å². The summed E-state index contributed by atoms with van der Waals surface area (Å²) in [6.07, 6.45) is -0.0329. The van der Waals surface area contributed by atoms with Crippen LogP contribution >= 0.6 is 11.6 Å². The first-order valence-electron chi connectivity index (χ1n) is 8.93. The van der Waals surface area contributed by atoms with E-state index in [-0.39, 0.29) is 25.1 Å². The van der Waals surface area contributed by atoms with Crippen LogP contribution < -0.4 is 9.64 Å². The van der Waals surface area contributed by atoms with E-state index < -0.39 is 25.1 Å². The van der Waals surface area contributed by atoms with Crippen LogP contribution in [0, 0.1) is 18.3 Å². The molecule has 0 atom stereocenters. The van der Waals surface area contributed by atoms with Gasteiger partial charge < -0.3 is 14.4 Å². The SMILES string of the molecule is Cc1cc(N(CCC#N)C(=O)COC(=O)Cc2ccc(OC(F)F)cc2)ccc1Cl. The molecule has 158 valence electrons. The summed E-state index contributed by atoms with van der Waals surface area (Å²) >= 11 is 6.01. The highest BCUT2D eigenvalue weighted by molar-refractivity contribution is 6.31. The van der Waals surface area contributed by atoms with E-state index in [4.69, 9.17) is 21.6 Å². The van der Waals surface area contributed by atoms with Crippen molar-refractivity contribution >= 4 is 29.2 Å². The van der Waals surface area contributed by atoms with Crippen LogP contribution in [0.25, 0.3) is 0 Å². The lowest BCUT2D eigenvalue weighted by Crippen LogP contribution is -2.35. The van der Waals surface area contributed by atoms with E-state index in [2.05, 4.69) is 4.74 Å². The molecular weight excluding hydrogens is 418 g/mol. The summed E-state index contributed by atoms with van der Waals surface area (Å²) in [5.41, 5.74) is 1.83. The molecule has 0 fully saturated rings. The van der Waals surface area contributed by atoms with Gasteiger partial charge in [0.05, 0.1) is 18.9 Å². The van der Waals surface area contributed by atoms with Crippen molar-refractivity contribution < 1.29 is 27.8 Å². The molecule has 2 rings (SSSR count). The molecular formula is C21H19ClF2N2O4. The number of anilines is 1. The van der Waals surface area contributed by atoms with Gasteiger partial charge in [0, 0.05) is 17.3 Å². The summed E-state index contributed by atoms with van der Waals surface area (Å²) in [5, 5.41) is 9.39. The number of amides is 1. The van der Waals surface area contributed by atoms with Gasteiger partial charge in [0.25, 0.3) is 5.91 Å². The quantitative estimate of drug-likeness (QED) is 0.548. The van der Waals surface area contributed by atoms with E-state index in [0.29, 0.717) is 16.3 Å². The second kappa shape index (κ2) is 11.1. The van der Waals surface area contributed by atoms with Gasteiger partial charge in [0.2, 0.25) is 0 Å². The molecule has 0 unspecified atom stereocenters. The normalized spacial score (nSPS) is 10.4. The lowest BCUT2D eigenvalue weighted by atomic mass is 10.1. The van der Waals surface area contributed by atoms with Crippen LogP contribution in [-0.4, -0.2) is 31.6 Å². The van der Waals surface area contributed by atoms with Crippen molar-refractivity contribution in [2.45, 2.75) is 26.4 Å². The number of halogens is 3. The van der Waals surface area contributed by atoms with Crippen LogP contribution in [0.5, 0.6) is 5.75 Å². The summed E-state index contributed by atoms with van der Waals surface area (Å²) in [6, 6.07) is 12.5. The number of hydrogen-bond donors (Lipinski definition) is 0. The van der Waals surface area contributed by atoms with Crippen molar-refractivity contribution in [1.29, 1.82) is 5.26 Å². The Morgan fingerprint density at radius 1 is 1.20 bits per heavy atom. The molecule has 0 spiro atoms. The van der Waals surface area contributed by atoms with Gasteiger partial charge >= 0.3 is 12.6 Å². The number of nitrogens with zero attached hydrogens (tertiary/aromatic N) is 2. The molecule has 0 aliphatic rings. The molecule has 0 bridgehead atoms. The Labute approximate surface area is 177 Å². The Morgan fingerprint density at radius 3 is 2.50 bits per heavy atom. The Kier molecular flexibility index (Phi) is 8.56. The van der Waals surface area contributed by atoms with E-state index >= 15 is 0 Å². The first-order chi connectivity index (χ1) is 14.3. The highest BCUT2D eigenvalue weighted by Crippen LogP contribution is 2.23. The zero-order chi connectivity index (χ0) is 22.1. The summed E-state index contributed by atoms with van der Waals surface area (Å²) in [5.74, 6) is -1.16. The molecule has 30 heavy (non-hydrogen) atoms. The Balaban J connectivity index is 1.96. The summed E-state index contributed by atoms with van der Waals surface area (Å²) < 4.78 is 33.6. The molecule has 0 heterocycles. The number of alkyl halides is 2. The Hall–Kier alpha value is -3.18. The van der Waals surface area contributed by atoms with Crippen molar-refractivity contribution in [3.05, 3.63) is 58.6 Å². The van der Waals surface area contributed by atoms with Crippen molar-refractivity contribution in [3.63, 3.8) is 0 Å². The van der Waals surface area contributed by atoms with Crippen molar-refractivity contribution in [3.8, 4) is 11.8 Å². The number of carbonyl (C=O) groups excluding carboxylic acids is 2. The third-order valence-corrected chi connectivity index (χ3v) is 4.48. The minimum Gasteiger partial charge on any atom is -0.455 e. The predicted octanol–water partition coefficient (Wildman–Crippen LogP) is 4.28. The average Bonchev–Trinajstić information content (AvgIpc) is 2.70. The second-order valence-electron chi connectivity index (χ2n) is 6.25. The van der Waals surface area contributed by atoms with Gasteiger partial charge in [0.1, 0.15) is 5.75 Å². The van der Waals surface area contributed by atoms with Crippen molar-refractivity contribution in [2.75, 3.05) is 18.1 Å². The molecule has 0 saturated carbocycles. The number of rotatable bonds is 9. The lowest BCUT2D eigenvalue weighted by Gasteiger charge is -2.22. The smallest absolute Gasteiger partial charge is 0.387 e.